The molecular weight excluding hydrogens is 352 g/mol. The number of rotatable bonds is 6. The van der Waals surface area contributed by atoms with Gasteiger partial charge in [0.2, 0.25) is 0 Å². The minimum atomic E-state index is -0.636. The number of ether oxygens (including phenoxy) is 3. The minimum absolute atomic E-state index is 0.0268. The molecule has 8 nitrogen and oxygen atoms in total. The Bertz CT molecular complexity index is 885. The fourth-order valence-corrected chi connectivity index (χ4v) is 2.91. The van der Waals surface area contributed by atoms with Crippen LogP contribution in [0.5, 0.6) is 0 Å². The summed E-state index contributed by atoms with van der Waals surface area (Å²) >= 11 is 0. The summed E-state index contributed by atoms with van der Waals surface area (Å²) in [5, 5.41) is 0. The van der Waals surface area contributed by atoms with Gasteiger partial charge in [-0.2, -0.15) is 0 Å². The van der Waals surface area contributed by atoms with E-state index in [2.05, 4.69) is 11.9 Å². The fourth-order valence-electron chi connectivity index (χ4n) is 2.91. The second kappa shape index (κ2) is 8.22. The molecule has 0 saturated carbocycles. The van der Waals surface area contributed by atoms with Crippen molar-refractivity contribution in [2.75, 3.05) is 32.5 Å². The van der Waals surface area contributed by atoms with Crippen LogP contribution in [-0.2, 0) is 30.2 Å². The Labute approximate surface area is 156 Å². The van der Waals surface area contributed by atoms with Crippen molar-refractivity contribution in [3.63, 3.8) is 0 Å². The molecule has 3 rings (SSSR count). The Morgan fingerprint density at radius 3 is 2.70 bits per heavy atom. The van der Waals surface area contributed by atoms with E-state index in [0.717, 1.165) is 19.3 Å². The summed E-state index contributed by atoms with van der Waals surface area (Å²) in [4.78, 5) is 30.5. The molecule has 0 bridgehead atoms. The van der Waals surface area contributed by atoms with Crippen molar-refractivity contribution >= 4 is 28.7 Å². The highest BCUT2D eigenvalue weighted by Crippen LogP contribution is 2.29. The second-order valence-electron chi connectivity index (χ2n) is 6.08. The van der Waals surface area contributed by atoms with Crippen LogP contribution in [0.1, 0.15) is 25.7 Å². The molecule has 1 aliphatic rings. The smallest absolute Gasteiger partial charge is 0.355 e. The number of hydrogen-bond donors (Lipinski definition) is 0. The molecule has 0 aliphatic carbocycles. The minimum Gasteiger partial charge on any atom is -0.466 e. The van der Waals surface area contributed by atoms with Gasteiger partial charge in [0.05, 0.1) is 26.4 Å². The van der Waals surface area contributed by atoms with Crippen LogP contribution in [0.4, 0.5) is 5.69 Å². The van der Waals surface area contributed by atoms with E-state index in [0.29, 0.717) is 22.7 Å². The molecule has 8 heteroatoms. The van der Waals surface area contributed by atoms with Gasteiger partial charge >= 0.3 is 11.9 Å². The maximum atomic E-state index is 12.3. The number of methoxy groups -OCH3 is 2. The molecule has 2 aromatic rings. The van der Waals surface area contributed by atoms with Crippen molar-refractivity contribution in [1.82, 2.24) is 4.98 Å². The molecule has 0 radical (unpaired) electrons. The molecule has 1 aromatic carbocycles. The number of nitrogens with zero attached hydrogens (tertiary/aromatic N) is 2. The van der Waals surface area contributed by atoms with Crippen LogP contribution in [-0.4, -0.2) is 44.5 Å². The Morgan fingerprint density at radius 2 is 2.00 bits per heavy atom. The first-order valence-electron chi connectivity index (χ1n) is 8.73. The molecule has 0 unspecified atom stereocenters. The zero-order chi connectivity index (χ0) is 19.4. The van der Waals surface area contributed by atoms with Crippen molar-refractivity contribution in [2.24, 2.45) is 0 Å². The van der Waals surface area contributed by atoms with Crippen molar-refractivity contribution in [2.45, 2.75) is 26.2 Å². The average molecular weight is 374 g/mol. The number of fused-ring (bicyclic) bond motifs is 1. The molecule has 0 saturated heterocycles. The summed E-state index contributed by atoms with van der Waals surface area (Å²) < 4.78 is 20.9. The molecule has 0 fully saturated rings. The first-order valence-corrected chi connectivity index (χ1v) is 8.73. The Balaban J connectivity index is 2.02. The van der Waals surface area contributed by atoms with E-state index in [-0.39, 0.29) is 24.6 Å². The number of unbranched alkanes of at least 4 members (excludes halogenated alkanes) is 1. The molecule has 1 aromatic heterocycles. The normalized spacial score (nSPS) is 14.6. The SMILES string of the molecule is CCCCc1nc2cc(N3COCC(C(=O)OC)=C3C(=O)OC)ccc2o1. The Morgan fingerprint density at radius 1 is 1.22 bits per heavy atom. The quantitative estimate of drug-likeness (QED) is 0.713. The van der Waals surface area contributed by atoms with E-state index in [4.69, 9.17) is 18.6 Å². The number of carbonyl (C=O) groups is 2. The molecule has 0 N–H and O–H groups in total. The maximum absolute atomic E-state index is 12.3. The van der Waals surface area contributed by atoms with Crippen LogP contribution in [0.3, 0.4) is 0 Å². The lowest BCUT2D eigenvalue weighted by molar-refractivity contribution is -0.140. The highest BCUT2D eigenvalue weighted by atomic mass is 16.5. The topological polar surface area (TPSA) is 91.1 Å². The first-order chi connectivity index (χ1) is 13.1. The fraction of sp³-hybridized carbons (Fsp3) is 0.421. The van der Waals surface area contributed by atoms with E-state index in [1.807, 2.05) is 0 Å². The predicted octanol–water partition coefficient (Wildman–Crippen LogP) is 2.56. The predicted molar refractivity (Wildman–Crippen MR) is 97.0 cm³/mol. The highest BCUT2D eigenvalue weighted by Gasteiger charge is 2.32. The lowest BCUT2D eigenvalue weighted by Gasteiger charge is -2.31. The monoisotopic (exact) mass is 374 g/mol. The molecule has 2 heterocycles. The molecule has 27 heavy (non-hydrogen) atoms. The van der Waals surface area contributed by atoms with Crippen molar-refractivity contribution in [3.05, 3.63) is 35.4 Å². The third-order valence-electron chi connectivity index (χ3n) is 4.30. The number of aromatic nitrogens is 1. The number of anilines is 1. The molecule has 0 spiro atoms. The zero-order valence-corrected chi connectivity index (χ0v) is 15.6. The number of benzene rings is 1. The van der Waals surface area contributed by atoms with Gasteiger partial charge in [-0.1, -0.05) is 13.3 Å². The number of oxazole rings is 1. The third kappa shape index (κ3) is 3.80. The van der Waals surface area contributed by atoms with E-state index < -0.39 is 11.9 Å². The van der Waals surface area contributed by atoms with Gasteiger partial charge in [0, 0.05) is 12.1 Å². The van der Waals surface area contributed by atoms with Crippen LogP contribution < -0.4 is 4.90 Å². The Hall–Kier alpha value is -2.87. The van der Waals surface area contributed by atoms with E-state index in [1.165, 1.54) is 14.2 Å². The first kappa shape index (κ1) is 18.9. The summed E-state index contributed by atoms with van der Waals surface area (Å²) in [7, 11) is 2.52. The van der Waals surface area contributed by atoms with Crippen LogP contribution in [0.25, 0.3) is 11.1 Å². The lowest BCUT2D eigenvalue weighted by Crippen LogP contribution is -2.38. The summed E-state index contributed by atoms with van der Waals surface area (Å²) in [6.07, 6.45) is 2.82. The van der Waals surface area contributed by atoms with Crippen LogP contribution >= 0.6 is 0 Å². The van der Waals surface area contributed by atoms with Gasteiger partial charge in [0.25, 0.3) is 0 Å². The zero-order valence-electron chi connectivity index (χ0n) is 15.6. The average Bonchev–Trinajstić information content (AvgIpc) is 3.12. The van der Waals surface area contributed by atoms with E-state index in [9.17, 15) is 9.59 Å². The van der Waals surface area contributed by atoms with Gasteiger partial charge in [0.15, 0.2) is 11.5 Å². The number of carbonyl (C=O) groups excluding carboxylic acids is 2. The van der Waals surface area contributed by atoms with Gasteiger partial charge in [-0.3, -0.25) is 0 Å². The summed E-state index contributed by atoms with van der Waals surface area (Å²) in [5.41, 5.74) is 2.19. The van der Waals surface area contributed by atoms with Crippen LogP contribution in [0.2, 0.25) is 0 Å². The van der Waals surface area contributed by atoms with Crippen molar-refractivity contribution in [1.29, 1.82) is 0 Å². The van der Waals surface area contributed by atoms with Crippen LogP contribution in [0, 0.1) is 0 Å². The maximum Gasteiger partial charge on any atom is 0.355 e. The largest absolute Gasteiger partial charge is 0.466 e. The van der Waals surface area contributed by atoms with E-state index >= 15 is 0 Å². The van der Waals surface area contributed by atoms with Crippen molar-refractivity contribution in [3.8, 4) is 0 Å². The number of aryl methyl sites for hydroxylation is 1. The van der Waals surface area contributed by atoms with Gasteiger partial charge in [-0.05, 0) is 24.6 Å². The van der Waals surface area contributed by atoms with Crippen molar-refractivity contribution < 1.29 is 28.2 Å². The molecule has 0 atom stereocenters. The van der Waals surface area contributed by atoms with Gasteiger partial charge in [0.1, 0.15) is 17.9 Å². The highest BCUT2D eigenvalue weighted by molar-refractivity contribution is 6.03. The number of esters is 2. The van der Waals surface area contributed by atoms with Gasteiger partial charge in [-0.15, -0.1) is 0 Å². The van der Waals surface area contributed by atoms with Crippen LogP contribution in [0.15, 0.2) is 33.9 Å². The molecular formula is C19H22N2O6. The third-order valence-corrected chi connectivity index (χ3v) is 4.30. The Kier molecular flexibility index (Phi) is 5.75. The molecule has 0 amide bonds. The van der Waals surface area contributed by atoms with Gasteiger partial charge in [-0.25, -0.2) is 14.6 Å². The molecule has 144 valence electrons. The summed E-state index contributed by atoms with van der Waals surface area (Å²) in [6.45, 7) is 2.18. The van der Waals surface area contributed by atoms with E-state index in [1.54, 1.807) is 23.1 Å². The summed E-state index contributed by atoms with van der Waals surface area (Å²) in [6, 6.07) is 5.36. The molecule has 1 aliphatic heterocycles. The summed E-state index contributed by atoms with van der Waals surface area (Å²) in [5.74, 6) is -0.593. The second-order valence-corrected chi connectivity index (χ2v) is 6.08. The standard InChI is InChI=1S/C19H22N2O6/c1-4-5-6-16-20-14-9-12(7-8-15(14)27-16)21-11-26-10-13(18(22)24-2)17(21)19(23)25-3/h7-9H,4-6,10-11H2,1-3H3. The lowest BCUT2D eigenvalue weighted by atomic mass is 10.1. The number of hydrogen-bond acceptors (Lipinski definition) is 8. The van der Waals surface area contributed by atoms with Gasteiger partial charge < -0.3 is 23.5 Å².